The van der Waals surface area contributed by atoms with Gasteiger partial charge in [0, 0.05) is 21.8 Å². The summed E-state index contributed by atoms with van der Waals surface area (Å²) in [5, 5.41) is 10.1. The summed E-state index contributed by atoms with van der Waals surface area (Å²) in [6, 6.07) is 58.0. The van der Waals surface area contributed by atoms with Gasteiger partial charge in [0.05, 0.1) is 0 Å². The van der Waals surface area contributed by atoms with Crippen molar-refractivity contribution in [2.45, 2.75) is 19.3 Å². The summed E-state index contributed by atoms with van der Waals surface area (Å²) in [4.78, 5) is 0. The molecule has 1 heteroatoms. The van der Waals surface area contributed by atoms with Crippen LogP contribution in [0.25, 0.3) is 98.8 Å². The number of benzene rings is 9. The predicted octanol–water partition coefficient (Wildman–Crippen LogP) is 13.8. The first-order valence-electron chi connectivity index (χ1n) is 17.5. The normalized spacial score (nSPS) is 13.6. The van der Waals surface area contributed by atoms with Crippen LogP contribution < -0.4 is 0 Å². The van der Waals surface area contributed by atoms with Crippen molar-refractivity contribution in [1.29, 1.82) is 0 Å². The van der Waals surface area contributed by atoms with E-state index in [1.165, 1.54) is 76.8 Å². The molecule has 1 aromatic heterocycles. The van der Waals surface area contributed by atoms with E-state index in [0.717, 1.165) is 33.1 Å². The van der Waals surface area contributed by atoms with Gasteiger partial charge in [-0.2, -0.15) is 0 Å². The minimum Gasteiger partial charge on any atom is -0.455 e. The minimum atomic E-state index is -0.0409. The topological polar surface area (TPSA) is 13.1 Å². The molecule has 0 saturated carbocycles. The molecule has 1 heterocycles. The standard InChI is InChI=1S/C49H32O/c1-49(2)41-18-7-6-13-39(41)46-35(15-9-19-42(46)49)33-25-21-30-24-28-38-34(26-22-31-23-27-37(33)44(30)45(31)38)36-16-10-20-43-47(36)40-17-8-14-32(48(40)50-43)29-11-4-3-5-12-29/h3-28H,1-2H3. The van der Waals surface area contributed by atoms with Gasteiger partial charge >= 0.3 is 0 Å². The maximum Gasteiger partial charge on any atom is 0.143 e. The zero-order chi connectivity index (χ0) is 33.1. The van der Waals surface area contributed by atoms with Crippen molar-refractivity contribution in [3.05, 3.63) is 169 Å². The third kappa shape index (κ3) is 3.62. The molecule has 0 N–H and O–H groups in total. The Morgan fingerprint density at radius 1 is 0.380 bits per heavy atom. The smallest absolute Gasteiger partial charge is 0.143 e. The molecule has 9 aromatic carbocycles. The van der Waals surface area contributed by atoms with Gasteiger partial charge in [-0.05, 0) is 88.5 Å². The molecule has 0 saturated heterocycles. The Morgan fingerprint density at radius 3 is 1.74 bits per heavy atom. The molecule has 234 valence electrons. The van der Waals surface area contributed by atoms with E-state index in [-0.39, 0.29) is 5.41 Å². The quantitative estimate of drug-likeness (QED) is 0.176. The monoisotopic (exact) mass is 636 g/mol. The molecule has 0 fully saturated rings. The lowest BCUT2D eigenvalue weighted by Crippen LogP contribution is -2.14. The lowest BCUT2D eigenvalue weighted by Gasteiger charge is -2.22. The molecule has 0 unspecified atom stereocenters. The third-order valence-corrected chi connectivity index (χ3v) is 11.5. The van der Waals surface area contributed by atoms with E-state index in [9.17, 15) is 0 Å². The molecule has 0 atom stereocenters. The molecule has 0 spiro atoms. The van der Waals surface area contributed by atoms with E-state index in [1.54, 1.807) is 0 Å². The van der Waals surface area contributed by atoms with E-state index in [4.69, 9.17) is 4.42 Å². The summed E-state index contributed by atoms with van der Waals surface area (Å²) < 4.78 is 6.67. The van der Waals surface area contributed by atoms with E-state index in [0.29, 0.717) is 0 Å². The molecule has 0 amide bonds. The predicted molar refractivity (Wildman–Crippen MR) is 211 cm³/mol. The van der Waals surface area contributed by atoms with Gasteiger partial charge in [0.1, 0.15) is 11.2 Å². The number of furan rings is 1. The summed E-state index contributed by atoms with van der Waals surface area (Å²) >= 11 is 0. The van der Waals surface area contributed by atoms with Crippen molar-refractivity contribution in [3.63, 3.8) is 0 Å². The molecule has 10 aromatic rings. The van der Waals surface area contributed by atoms with E-state index >= 15 is 0 Å². The maximum absolute atomic E-state index is 6.67. The first kappa shape index (κ1) is 27.7. The number of hydrogen-bond donors (Lipinski definition) is 0. The van der Waals surface area contributed by atoms with E-state index in [2.05, 4.69) is 172 Å². The molecule has 1 aliphatic rings. The lowest BCUT2D eigenvalue weighted by atomic mass is 9.81. The van der Waals surface area contributed by atoms with Gasteiger partial charge in [-0.1, -0.05) is 166 Å². The Hall–Kier alpha value is -6.18. The van der Waals surface area contributed by atoms with E-state index in [1.807, 2.05) is 0 Å². The summed E-state index contributed by atoms with van der Waals surface area (Å²) in [6.45, 7) is 4.72. The Balaban J connectivity index is 1.18. The highest BCUT2D eigenvalue weighted by Crippen LogP contribution is 2.53. The fourth-order valence-electron chi connectivity index (χ4n) is 9.17. The molecular weight excluding hydrogens is 605 g/mol. The minimum absolute atomic E-state index is 0.0409. The highest BCUT2D eigenvalue weighted by atomic mass is 16.3. The van der Waals surface area contributed by atoms with Crippen LogP contribution in [-0.2, 0) is 5.41 Å². The van der Waals surface area contributed by atoms with Crippen molar-refractivity contribution in [1.82, 2.24) is 0 Å². The van der Waals surface area contributed by atoms with Crippen LogP contribution >= 0.6 is 0 Å². The zero-order valence-corrected chi connectivity index (χ0v) is 27.9. The average molecular weight is 637 g/mol. The van der Waals surface area contributed by atoms with Crippen LogP contribution in [0.1, 0.15) is 25.0 Å². The molecule has 0 radical (unpaired) electrons. The van der Waals surface area contributed by atoms with Crippen molar-refractivity contribution < 1.29 is 4.42 Å². The van der Waals surface area contributed by atoms with Gasteiger partial charge in [0.25, 0.3) is 0 Å². The van der Waals surface area contributed by atoms with Gasteiger partial charge in [0.2, 0.25) is 0 Å². The largest absolute Gasteiger partial charge is 0.455 e. The van der Waals surface area contributed by atoms with Crippen LogP contribution in [-0.4, -0.2) is 0 Å². The number of para-hydroxylation sites is 1. The second-order valence-corrected chi connectivity index (χ2v) is 14.4. The SMILES string of the molecule is CC1(C)c2ccccc2-c2c(-c3ccc4ccc5c(-c6cccc7oc8c(-c9ccccc9)cccc8c67)ccc6ccc3c4c65)cccc21. The van der Waals surface area contributed by atoms with Crippen LogP contribution in [0.2, 0.25) is 0 Å². The molecular formula is C49H32O. The first-order valence-corrected chi connectivity index (χ1v) is 17.5. The second-order valence-electron chi connectivity index (χ2n) is 14.4. The van der Waals surface area contributed by atoms with Crippen LogP contribution in [0.4, 0.5) is 0 Å². The van der Waals surface area contributed by atoms with Crippen molar-refractivity contribution in [2.24, 2.45) is 0 Å². The summed E-state index contributed by atoms with van der Waals surface area (Å²) in [5.41, 5.74) is 14.6. The Labute approximate surface area is 290 Å². The average Bonchev–Trinajstić information content (AvgIpc) is 3.67. The van der Waals surface area contributed by atoms with Gasteiger partial charge < -0.3 is 4.42 Å². The van der Waals surface area contributed by atoms with Gasteiger partial charge in [-0.25, -0.2) is 0 Å². The lowest BCUT2D eigenvalue weighted by molar-refractivity contribution is 0.660. The first-order chi connectivity index (χ1) is 24.6. The fraction of sp³-hybridized carbons (Fsp3) is 0.0612. The number of hydrogen-bond acceptors (Lipinski definition) is 1. The summed E-state index contributed by atoms with van der Waals surface area (Å²) in [6.07, 6.45) is 0. The van der Waals surface area contributed by atoms with Gasteiger partial charge in [-0.15, -0.1) is 0 Å². The Kier molecular flexibility index (Phi) is 5.51. The van der Waals surface area contributed by atoms with Crippen LogP contribution in [0.3, 0.4) is 0 Å². The number of rotatable bonds is 3. The van der Waals surface area contributed by atoms with Crippen LogP contribution in [0.15, 0.2) is 162 Å². The highest BCUT2D eigenvalue weighted by Gasteiger charge is 2.36. The molecule has 50 heavy (non-hydrogen) atoms. The second kappa shape index (κ2) is 9.94. The van der Waals surface area contributed by atoms with Crippen LogP contribution in [0, 0.1) is 0 Å². The zero-order valence-electron chi connectivity index (χ0n) is 27.9. The molecule has 1 nitrogen and oxygen atoms in total. The van der Waals surface area contributed by atoms with Crippen molar-refractivity contribution >= 4 is 54.3 Å². The molecule has 11 rings (SSSR count). The van der Waals surface area contributed by atoms with Crippen molar-refractivity contribution in [2.75, 3.05) is 0 Å². The Morgan fingerprint density at radius 2 is 0.960 bits per heavy atom. The summed E-state index contributed by atoms with van der Waals surface area (Å²) in [7, 11) is 0. The Bertz CT molecular complexity index is 2990. The molecule has 0 aliphatic heterocycles. The fourth-order valence-corrected chi connectivity index (χ4v) is 9.17. The maximum atomic E-state index is 6.67. The van der Waals surface area contributed by atoms with E-state index < -0.39 is 0 Å². The van der Waals surface area contributed by atoms with Gasteiger partial charge in [0.15, 0.2) is 0 Å². The molecule has 0 bridgehead atoms. The van der Waals surface area contributed by atoms with Crippen LogP contribution in [0.5, 0.6) is 0 Å². The van der Waals surface area contributed by atoms with Crippen molar-refractivity contribution in [3.8, 4) is 44.5 Å². The third-order valence-electron chi connectivity index (χ3n) is 11.5. The highest BCUT2D eigenvalue weighted by molar-refractivity contribution is 6.29. The number of fused-ring (bicyclic) bond motifs is 6. The molecule has 1 aliphatic carbocycles. The van der Waals surface area contributed by atoms with Gasteiger partial charge in [-0.3, -0.25) is 0 Å². The summed E-state index contributed by atoms with van der Waals surface area (Å²) in [5.74, 6) is 0.